The monoisotopic (exact) mass is 325 g/mol. The number of nitrogens with two attached hydrogens (primary N) is 1. The molecule has 4 heteroatoms. The molecule has 0 spiro atoms. The van der Waals surface area contributed by atoms with E-state index in [2.05, 4.69) is 51.8 Å². The Bertz CT molecular complexity index is 294. The van der Waals surface area contributed by atoms with Crippen LogP contribution in [-0.2, 0) is 5.41 Å². The molecule has 1 nitrogen and oxygen atoms in total. The van der Waals surface area contributed by atoms with Gasteiger partial charge in [0.2, 0.25) is 0 Å². The van der Waals surface area contributed by atoms with Crippen LogP contribution in [0.1, 0.15) is 25.8 Å². The van der Waals surface area contributed by atoms with E-state index in [9.17, 15) is 0 Å². The van der Waals surface area contributed by atoms with Crippen molar-refractivity contribution in [1.29, 1.82) is 0 Å². The molecule has 0 aliphatic carbocycles. The van der Waals surface area contributed by atoms with E-state index in [1.165, 1.54) is 13.1 Å². The van der Waals surface area contributed by atoms with Gasteiger partial charge in [0.15, 0.2) is 0 Å². The fraction of sp³-hybridized carbons (Fsp3) is 0.556. The lowest BCUT2D eigenvalue weighted by Gasteiger charge is -2.23. The maximum atomic E-state index is 5.59. The van der Waals surface area contributed by atoms with Crippen molar-refractivity contribution in [3.05, 3.63) is 19.2 Å². The standard InChI is InChI=1S/C9H13Br2NS/c1-9(2,3-4-12)6-5-7(10)13-8(6)11/h5H,3-4,12H2,1-2H3. The Morgan fingerprint density at radius 3 is 2.46 bits per heavy atom. The van der Waals surface area contributed by atoms with Gasteiger partial charge in [-0.25, -0.2) is 0 Å². The largest absolute Gasteiger partial charge is 0.330 e. The van der Waals surface area contributed by atoms with Crippen molar-refractivity contribution in [1.82, 2.24) is 0 Å². The van der Waals surface area contributed by atoms with Gasteiger partial charge in [-0.05, 0) is 61.9 Å². The summed E-state index contributed by atoms with van der Waals surface area (Å²) < 4.78 is 2.37. The molecule has 0 saturated heterocycles. The van der Waals surface area contributed by atoms with Gasteiger partial charge in [0.1, 0.15) is 0 Å². The minimum absolute atomic E-state index is 0.163. The van der Waals surface area contributed by atoms with Gasteiger partial charge in [-0.3, -0.25) is 0 Å². The van der Waals surface area contributed by atoms with Gasteiger partial charge in [-0.1, -0.05) is 13.8 Å². The molecule has 1 aromatic rings. The van der Waals surface area contributed by atoms with E-state index in [1.807, 2.05) is 0 Å². The molecule has 0 fully saturated rings. The Morgan fingerprint density at radius 2 is 2.08 bits per heavy atom. The first kappa shape index (κ1) is 11.7. The Labute approximate surface area is 100.0 Å². The predicted molar refractivity (Wildman–Crippen MR) is 66.4 cm³/mol. The Hall–Kier alpha value is 0.620. The zero-order valence-corrected chi connectivity index (χ0v) is 11.7. The lowest BCUT2D eigenvalue weighted by molar-refractivity contribution is 0.487. The number of rotatable bonds is 3. The van der Waals surface area contributed by atoms with Crippen molar-refractivity contribution in [3.63, 3.8) is 0 Å². The third-order valence-corrected chi connectivity index (χ3v) is 4.49. The summed E-state index contributed by atoms with van der Waals surface area (Å²) in [5.41, 5.74) is 7.09. The molecular formula is C9H13Br2NS. The molecule has 0 unspecified atom stereocenters. The molecule has 0 radical (unpaired) electrons. The maximum Gasteiger partial charge on any atom is 0.0747 e. The van der Waals surface area contributed by atoms with Gasteiger partial charge >= 0.3 is 0 Å². The summed E-state index contributed by atoms with van der Waals surface area (Å²) in [7, 11) is 0. The highest BCUT2D eigenvalue weighted by molar-refractivity contribution is 9.12. The second-order valence-electron chi connectivity index (χ2n) is 3.66. The summed E-state index contributed by atoms with van der Waals surface area (Å²) in [5.74, 6) is 0. The molecule has 13 heavy (non-hydrogen) atoms. The molecule has 0 atom stereocenters. The van der Waals surface area contributed by atoms with Gasteiger partial charge < -0.3 is 5.73 Å². The minimum atomic E-state index is 0.163. The van der Waals surface area contributed by atoms with Crippen LogP contribution in [0.5, 0.6) is 0 Å². The molecule has 1 heterocycles. The fourth-order valence-corrected chi connectivity index (χ4v) is 4.63. The molecule has 1 aromatic heterocycles. The average Bonchev–Trinajstić information content (AvgIpc) is 2.30. The highest BCUT2D eigenvalue weighted by Crippen LogP contribution is 2.40. The maximum absolute atomic E-state index is 5.59. The van der Waals surface area contributed by atoms with E-state index in [0.717, 1.165) is 13.0 Å². The van der Waals surface area contributed by atoms with Crippen LogP contribution in [-0.4, -0.2) is 6.54 Å². The minimum Gasteiger partial charge on any atom is -0.330 e. The number of thiophene rings is 1. The van der Waals surface area contributed by atoms with E-state index < -0.39 is 0 Å². The first-order valence-electron chi connectivity index (χ1n) is 4.13. The van der Waals surface area contributed by atoms with Gasteiger partial charge in [0.05, 0.1) is 7.57 Å². The molecule has 0 aliphatic heterocycles. The normalized spacial score (nSPS) is 12.1. The van der Waals surface area contributed by atoms with Crippen LogP contribution in [0.3, 0.4) is 0 Å². The second kappa shape index (κ2) is 4.43. The third kappa shape index (κ3) is 2.78. The summed E-state index contributed by atoms with van der Waals surface area (Å²) in [6, 6.07) is 2.17. The number of hydrogen-bond acceptors (Lipinski definition) is 2. The van der Waals surface area contributed by atoms with Crippen LogP contribution < -0.4 is 5.73 Å². The first-order valence-corrected chi connectivity index (χ1v) is 6.53. The molecule has 2 N–H and O–H groups in total. The van der Waals surface area contributed by atoms with Crippen molar-refractivity contribution in [2.75, 3.05) is 6.54 Å². The summed E-state index contributed by atoms with van der Waals surface area (Å²) >= 11 is 8.77. The lowest BCUT2D eigenvalue weighted by Crippen LogP contribution is -2.21. The molecule has 1 rings (SSSR count). The summed E-state index contributed by atoms with van der Waals surface area (Å²) in [6.07, 6.45) is 1.01. The summed E-state index contributed by atoms with van der Waals surface area (Å²) in [4.78, 5) is 0. The molecule has 0 saturated carbocycles. The van der Waals surface area contributed by atoms with E-state index in [4.69, 9.17) is 5.73 Å². The van der Waals surface area contributed by atoms with E-state index in [0.29, 0.717) is 0 Å². The fourth-order valence-electron chi connectivity index (χ4n) is 1.30. The van der Waals surface area contributed by atoms with Gasteiger partial charge in [0, 0.05) is 0 Å². The van der Waals surface area contributed by atoms with E-state index in [1.54, 1.807) is 11.3 Å². The van der Waals surface area contributed by atoms with Crippen molar-refractivity contribution in [2.24, 2.45) is 5.73 Å². The lowest BCUT2D eigenvalue weighted by atomic mass is 9.83. The number of hydrogen-bond donors (Lipinski definition) is 1. The van der Waals surface area contributed by atoms with Crippen LogP contribution in [0.15, 0.2) is 13.6 Å². The van der Waals surface area contributed by atoms with Gasteiger partial charge in [-0.2, -0.15) is 0 Å². The SMILES string of the molecule is CC(C)(CCN)c1cc(Br)sc1Br. The van der Waals surface area contributed by atoms with Crippen molar-refractivity contribution in [3.8, 4) is 0 Å². The van der Waals surface area contributed by atoms with E-state index in [-0.39, 0.29) is 5.41 Å². The van der Waals surface area contributed by atoms with Crippen molar-refractivity contribution < 1.29 is 0 Å². The zero-order chi connectivity index (χ0) is 10.1. The van der Waals surface area contributed by atoms with Crippen LogP contribution in [0.4, 0.5) is 0 Å². The number of halogens is 2. The smallest absolute Gasteiger partial charge is 0.0747 e. The molecule has 74 valence electrons. The van der Waals surface area contributed by atoms with Crippen LogP contribution >= 0.6 is 43.2 Å². The van der Waals surface area contributed by atoms with Crippen LogP contribution in [0.25, 0.3) is 0 Å². The predicted octanol–water partition coefficient (Wildman–Crippen LogP) is 3.90. The Morgan fingerprint density at radius 1 is 1.46 bits per heavy atom. The quantitative estimate of drug-likeness (QED) is 0.895. The topological polar surface area (TPSA) is 26.0 Å². The van der Waals surface area contributed by atoms with Crippen molar-refractivity contribution in [2.45, 2.75) is 25.7 Å². The van der Waals surface area contributed by atoms with Gasteiger partial charge in [0.25, 0.3) is 0 Å². The van der Waals surface area contributed by atoms with Crippen LogP contribution in [0, 0.1) is 0 Å². The first-order chi connectivity index (χ1) is 5.97. The average molecular weight is 327 g/mol. The molecular weight excluding hydrogens is 314 g/mol. The van der Waals surface area contributed by atoms with Gasteiger partial charge in [-0.15, -0.1) is 11.3 Å². The third-order valence-electron chi connectivity index (χ3n) is 2.16. The highest BCUT2D eigenvalue weighted by Gasteiger charge is 2.23. The molecule has 0 aromatic carbocycles. The highest BCUT2D eigenvalue weighted by atomic mass is 79.9. The molecule has 0 amide bonds. The van der Waals surface area contributed by atoms with Crippen molar-refractivity contribution >= 4 is 43.2 Å². The Kier molecular flexibility index (Phi) is 3.98. The summed E-state index contributed by atoms with van der Waals surface area (Å²) in [6.45, 7) is 5.17. The summed E-state index contributed by atoms with van der Waals surface area (Å²) in [5, 5.41) is 0. The molecule has 0 bridgehead atoms. The Balaban J connectivity index is 2.98. The molecule has 0 aliphatic rings. The zero-order valence-electron chi connectivity index (χ0n) is 7.73. The van der Waals surface area contributed by atoms with Crippen LogP contribution in [0.2, 0.25) is 0 Å². The van der Waals surface area contributed by atoms with E-state index >= 15 is 0 Å². The second-order valence-corrected chi connectivity index (χ2v) is 7.41.